The fraction of sp³-hybridized carbons (Fsp3) is 0.333. The van der Waals surface area contributed by atoms with Crippen molar-refractivity contribution in [1.82, 2.24) is 0 Å². The zero-order chi connectivity index (χ0) is 11.5. The Balaban J connectivity index is 2.89. The van der Waals surface area contributed by atoms with Gasteiger partial charge < -0.3 is 4.74 Å². The summed E-state index contributed by atoms with van der Waals surface area (Å²) in [7, 11) is 0. The molecule has 0 bridgehead atoms. The Morgan fingerprint density at radius 3 is 2.40 bits per heavy atom. The van der Waals surface area contributed by atoms with Gasteiger partial charge in [-0.1, -0.05) is 34.1 Å². The molecule has 0 aliphatic carbocycles. The van der Waals surface area contributed by atoms with Gasteiger partial charge in [0.25, 0.3) is 0 Å². The fourth-order valence-electron chi connectivity index (χ4n) is 0.905. The molecule has 0 radical (unpaired) electrons. The summed E-state index contributed by atoms with van der Waals surface area (Å²) in [5.74, 6) is -0.250. The number of hydrogen-bond donors (Lipinski definition) is 0. The van der Waals surface area contributed by atoms with E-state index < -0.39 is 12.5 Å². The minimum absolute atomic E-state index is 0.250. The maximum atomic E-state index is 12.6. The van der Waals surface area contributed by atoms with Crippen LogP contribution in [0.4, 0.5) is 17.6 Å². The molecule has 0 N–H and O–H groups in total. The van der Waals surface area contributed by atoms with E-state index in [-0.39, 0.29) is 11.1 Å². The van der Waals surface area contributed by atoms with Crippen molar-refractivity contribution in [2.24, 2.45) is 0 Å². The third-order valence-electron chi connectivity index (χ3n) is 1.62. The molecule has 0 spiro atoms. The summed E-state index contributed by atoms with van der Waals surface area (Å²) in [5.41, 5.74) is 0.387. The number of para-hydroxylation sites is 1. The molecule has 0 aliphatic rings. The van der Waals surface area contributed by atoms with Gasteiger partial charge in [0.1, 0.15) is 5.75 Å². The SMILES string of the molecule is FC(F)C(F)(F)Oc1ccccc1CBr. The minimum Gasteiger partial charge on any atom is -0.428 e. The van der Waals surface area contributed by atoms with Crippen LogP contribution in [0.15, 0.2) is 24.3 Å². The number of ether oxygens (including phenoxy) is 1. The standard InChI is InChI=1S/C9H7BrF4O/c10-5-6-3-1-2-4-7(6)15-9(13,14)8(11)12/h1-4,8H,5H2. The van der Waals surface area contributed by atoms with Gasteiger partial charge in [-0.2, -0.15) is 17.6 Å². The lowest BCUT2D eigenvalue weighted by Gasteiger charge is -2.18. The van der Waals surface area contributed by atoms with Gasteiger partial charge >= 0.3 is 12.5 Å². The molecule has 0 atom stereocenters. The van der Waals surface area contributed by atoms with Gasteiger partial charge in [0.15, 0.2) is 0 Å². The van der Waals surface area contributed by atoms with Crippen molar-refractivity contribution in [3.8, 4) is 5.75 Å². The molecule has 1 aromatic rings. The molecule has 0 unspecified atom stereocenters. The molecular weight excluding hydrogens is 280 g/mol. The van der Waals surface area contributed by atoms with E-state index in [1.54, 1.807) is 6.07 Å². The third kappa shape index (κ3) is 3.09. The lowest BCUT2D eigenvalue weighted by atomic mass is 10.2. The fourth-order valence-corrected chi connectivity index (χ4v) is 1.37. The smallest absolute Gasteiger partial charge is 0.428 e. The normalized spacial score (nSPS) is 11.9. The minimum atomic E-state index is -4.46. The highest BCUT2D eigenvalue weighted by molar-refractivity contribution is 9.08. The van der Waals surface area contributed by atoms with Gasteiger partial charge in [0.2, 0.25) is 0 Å². The van der Waals surface area contributed by atoms with Crippen LogP contribution in [0.2, 0.25) is 0 Å². The van der Waals surface area contributed by atoms with Gasteiger partial charge in [0, 0.05) is 10.9 Å². The van der Waals surface area contributed by atoms with Crippen molar-refractivity contribution >= 4 is 15.9 Å². The van der Waals surface area contributed by atoms with E-state index in [2.05, 4.69) is 20.7 Å². The summed E-state index contributed by atoms with van der Waals surface area (Å²) in [6.45, 7) is 0. The number of rotatable bonds is 4. The van der Waals surface area contributed by atoms with Crippen molar-refractivity contribution in [3.05, 3.63) is 29.8 Å². The van der Waals surface area contributed by atoms with Crippen molar-refractivity contribution in [2.75, 3.05) is 0 Å². The molecule has 84 valence electrons. The Morgan fingerprint density at radius 1 is 1.27 bits per heavy atom. The molecule has 0 aliphatic heterocycles. The Kier molecular flexibility index (Phi) is 3.96. The lowest BCUT2D eigenvalue weighted by Crippen LogP contribution is -2.33. The van der Waals surface area contributed by atoms with Gasteiger partial charge in [-0.05, 0) is 6.07 Å². The number of alkyl halides is 5. The Bertz CT molecular complexity index is 330. The Hall–Kier alpha value is -0.780. The zero-order valence-electron chi connectivity index (χ0n) is 7.39. The van der Waals surface area contributed by atoms with E-state index >= 15 is 0 Å². The van der Waals surface area contributed by atoms with E-state index in [9.17, 15) is 17.6 Å². The molecule has 1 nitrogen and oxygen atoms in total. The van der Waals surface area contributed by atoms with Crippen LogP contribution in [0.25, 0.3) is 0 Å². The number of benzene rings is 1. The first-order valence-corrected chi connectivity index (χ1v) is 5.08. The van der Waals surface area contributed by atoms with Crippen molar-refractivity contribution in [1.29, 1.82) is 0 Å². The average molecular weight is 287 g/mol. The van der Waals surface area contributed by atoms with Crippen molar-refractivity contribution in [2.45, 2.75) is 17.9 Å². The highest BCUT2D eigenvalue weighted by Crippen LogP contribution is 2.30. The molecule has 0 heterocycles. The van der Waals surface area contributed by atoms with Crippen LogP contribution < -0.4 is 4.74 Å². The van der Waals surface area contributed by atoms with Gasteiger partial charge in [0.05, 0.1) is 0 Å². The van der Waals surface area contributed by atoms with Crippen LogP contribution in [0, 0.1) is 0 Å². The van der Waals surface area contributed by atoms with E-state index in [1.807, 2.05) is 0 Å². The summed E-state index contributed by atoms with van der Waals surface area (Å²) >= 11 is 3.04. The first kappa shape index (κ1) is 12.3. The van der Waals surface area contributed by atoms with Crippen molar-refractivity contribution < 1.29 is 22.3 Å². The second kappa shape index (κ2) is 4.83. The van der Waals surface area contributed by atoms with E-state index in [0.29, 0.717) is 5.56 Å². The van der Waals surface area contributed by atoms with Gasteiger partial charge in [-0.3, -0.25) is 0 Å². The molecule has 1 rings (SSSR count). The lowest BCUT2D eigenvalue weighted by molar-refractivity contribution is -0.253. The van der Waals surface area contributed by atoms with Crippen LogP contribution >= 0.6 is 15.9 Å². The zero-order valence-corrected chi connectivity index (χ0v) is 8.98. The topological polar surface area (TPSA) is 9.23 Å². The molecule has 6 heteroatoms. The van der Waals surface area contributed by atoms with Crippen LogP contribution in [0.1, 0.15) is 5.56 Å². The summed E-state index contributed by atoms with van der Waals surface area (Å²) in [4.78, 5) is 0. The predicted molar refractivity (Wildman–Crippen MR) is 50.7 cm³/mol. The van der Waals surface area contributed by atoms with E-state index in [4.69, 9.17) is 0 Å². The first-order chi connectivity index (χ1) is 6.97. The summed E-state index contributed by atoms with van der Waals surface area (Å²) in [5, 5.41) is 0.252. The second-order valence-electron chi connectivity index (χ2n) is 2.71. The number of hydrogen-bond acceptors (Lipinski definition) is 1. The Morgan fingerprint density at radius 2 is 1.87 bits per heavy atom. The molecule has 0 fully saturated rings. The number of halogens is 5. The monoisotopic (exact) mass is 286 g/mol. The third-order valence-corrected chi connectivity index (χ3v) is 2.22. The van der Waals surface area contributed by atoms with E-state index in [0.717, 1.165) is 0 Å². The summed E-state index contributed by atoms with van der Waals surface area (Å²) in [6.07, 6.45) is -8.31. The molecule has 0 saturated carbocycles. The Labute approximate surface area is 92.2 Å². The molecule has 0 saturated heterocycles. The second-order valence-corrected chi connectivity index (χ2v) is 3.27. The van der Waals surface area contributed by atoms with Crippen LogP contribution in [-0.2, 0) is 5.33 Å². The molecule has 15 heavy (non-hydrogen) atoms. The first-order valence-electron chi connectivity index (χ1n) is 3.96. The highest BCUT2D eigenvalue weighted by atomic mass is 79.9. The predicted octanol–water partition coefficient (Wildman–Crippen LogP) is 3.82. The van der Waals surface area contributed by atoms with Gasteiger partial charge in [-0.15, -0.1) is 0 Å². The highest BCUT2D eigenvalue weighted by Gasteiger charge is 2.44. The van der Waals surface area contributed by atoms with Gasteiger partial charge in [-0.25, -0.2) is 0 Å². The quantitative estimate of drug-likeness (QED) is 0.604. The molecular formula is C9H7BrF4O. The van der Waals surface area contributed by atoms with E-state index in [1.165, 1.54) is 18.2 Å². The summed E-state index contributed by atoms with van der Waals surface area (Å²) < 4.78 is 52.8. The average Bonchev–Trinajstić information content (AvgIpc) is 2.18. The largest absolute Gasteiger partial charge is 0.461 e. The maximum absolute atomic E-state index is 12.6. The summed E-state index contributed by atoms with van der Waals surface area (Å²) in [6, 6.07) is 5.76. The van der Waals surface area contributed by atoms with Crippen LogP contribution in [0.3, 0.4) is 0 Å². The van der Waals surface area contributed by atoms with Crippen LogP contribution in [-0.4, -0.2) is 12.5 Å². The molecule has 1 aromatic carbocycles. The molecule has 0 aromatic heterocycles. The van der Waals surface area contributed by atoms with Crippen LogP contribution in [0.5, 0.6) is 5.75 Å². The maximum Gasteiger partial charge on any atom is 0.461 e. The molecule has 0 amide bonds. The van der Waals surface area contributed by atoms with Crippen molar-refractivity contribution in [3.63, 3.8) is 0 Å².